The molecule has 2 aliphatic heterocycles. The third-order valence-electron chi connectivity index (χ3n) is 8.04. The minimum atomic E-state index is -0.816. The van der Waals surface area contributed by atoms with Crippen molar-refractivity contribution in [2.24, 2.45) is 5.41 Å². The van der Waals surface area contributed by atoms with E-state index in [0.29, 0.717) is 18.7 Å². The van der Waals surface area contributed by atoms with Gasteiger partial charge in [0.2, 0.25) is 11.8 Å². The number of likely N-dealkylation sites (tertiary alicyclic amines) is 2. The average Bonchev–Trinajstić information content (AvgIpc) is 3.51. The molecule has 4 N–H and O–H groups in total. The predicted molar refractivity (Wildman–Crippen MR) is 162 cm³/mol. The molecule has 0 radical (unpaired) electrons. The van der Waals surface area contributed by atoms with Crippen molar-refractivity contribution in [3.05, 3.63) is 42.5 Å². The summed E-state index contributed by atoms with van der Waals surface area (Å²) in [6.45, 7) is 11.7. The minimum absolute atomic E-state index is 0.0839. The molecule has 2 aromatic carbocycles. The summed E-state index contributed by atoms with van der Waals surface area (Å²) in [5, 5.41) is 13.5. The standard InChI is InChI=1S/C31H44N6O5/c1-18(2)33-29(40)37-17-24(42-30(41)34-22-14-10-12-20-11-8-9-13-21(20)22)25-23(37)15-16-36(25)28(39)26(31(4,5)6)35-27(38)19(3)32-7/h8-14,18-19,23-26,32H,15-17H2,1-7H3,(H,33,40)(H,34,41)(H,35,38)/t19-,23+,24-,25-,26+/m0/s1. The number of fused-ring (bicyclic) bond motifs is 2. The first-order chi connectivity index (χ1) is 19.8. The van der Waals surface area contributed by atoms with Crippen LogP contribution in [0.15, 0.2) is 42.5 Å². The molecule has 42 heavy (non-hydrogen) atoms. The largest absolute Gasteiger partial charge is 0.442 e. The Balaban J connectivity index is 1.60. The highest BCUT2D eigenvalue weighted by atomic mass is 16.6. The van der Waals surface area contributed by atoms with Crippen molar-refractivity contribution in [1.82, 2.24) is 25.8 Å². The topological polar surface area (TPSA) is 132 Å². The lowest BCUT2D eigenvalue weighted by Crippen LogP contribution is -2.59. The second-order valence-corrected chi connectivity index (χ2v) is 12.5. The maximum Gasteiger partial charge on any atom is 0.412 e. The van der Waals surface area contributed by atoms with Crippen LogP contribution < -0.4 is 21.3 Å². The maximum atomic E-state index is 14.1. The number of benzene rings is 2. The van der Waals surface area contributed by atoms with Gasteiger partial charge in [0.05, 0.1) is 30.4 Å². The van der Waals surface area contributed by atoms with Crippen LogP contribution in [0.25, 0.3) is 10.8 Å². The molecule has 0 aliphatic carbocycles. The highest BCUT2D eigenvalue weighted by Gasteiger charge is 2.55. The van der Waals surface area contributed by atoms with E-state index in [-0.39, 0.29) is 36.5 Å². The van der Waals surface area contributed by atoms with Crippen molar-refractivity contribution in [2.45, 2.75) is 84.3 Å². The Kier molecular flexibility index (Phi) is 9.30. The number of carbonyl (C=O) groups is 4. The fourth-order valence-corrected chi connectivity index (χ4v) is 5.78. The summed E-state index contributed by atoms with van der Waals surface area (Å²) in [5.41, 5.74) is 0.0174. The molecule has 11 nitrogen and oxygen atoms in total. The number of hydrogen-bond donors (Lipinski definition) is 4. The number of amides is 5. The van der Waals surface area contributed by atoms with Gasteiger partial charge in [0.15, 0.2) is 0 Å². The molecule has 2 fully saturated rings. The monoisotopic (exact) mass is 580 g/mol. The minimum Gasteiger partial charge on any atom is -0.442 e. The molecule has 0 saturated carbocycles. The van der Waals surface area contributed by atoms with Crippen LogP contribution in [-0.4, -0.2) is 90.2 Å². The third-order valence-corrected chi connectivity index (χ3v) is 8.04. The van der Waals surface area contributed by atoms with E-state index in [9.17, 15) is 19.2 Å². The van der Waals surface area contributed by atoms with Crippen molar-refractivity contribution in [3.8, 4) is 0 Å². The van der Waals surface area contributed by atoms with Gasteiger partial charge in [-0.2, -0.15) is 0 Å². The Labute approximate surface area is 247 Å². The smallest absolute Gasteiger partial charge is 0.412 e. The molecule has 2 saturated heterocycles. The van der Waals surface area contributed by atoms with Gasteiger partial charge in [-0.15, -0.1) is 0 Å². The number of nitrogens with zero attached hydrogens (tertiary/aromatic N) is 2. The predicted octanol–water partition coefficient (Wildman–Crippen LogP) is 3.30. The van der Waals surface area contributed by atoms with Crippen molar-refractivity contribution < 1.29 is 23.9 Å². The molecule has 0 unspecified atom stereocenters. The number of urea groups is 1. The molecule has 2 aromatic rings. The zero-order valence-electron chi connectivity index (χ0n) is 25.6. The van der Waals surface area contributed by atoms with Crippen molar-refractivity contribution in [2.75, 3.05) is 25.5 Å². The van der Waals surface area contributed by atoms with E-state index >= 15 is 0 Å². The van der Waals surface area contributed by atoms with Crippen molar-refractivity contribution in [3.63, 3.8) is 0 Å². The first kappa shape index (κ1) is 31.1. The molecule has 4 rings (SSSR count). The highest BCUT2D eigenvalue weighted by Crippen LogP contribution is 2.36. The SMILES string of the molecule is CN[C@@H](C)C(=O)N[C@H](C(=O)N1CC[C@@H]2[C@H]1[C@@H](OC(=O)Nc1cccc3ccccc13)CN2C(=O)NC(C)C)C(C)(C)C. The highest BCUT2D eigenvalue weighted by molar-refractivity contribution is 6.00. The van der Waals surface area contributed by atoms with E-state index in [4.69, 9.17) is 4.74 Å². The van der Waals surface area contributed by atoms with Gasteiger partial charge in [-0.3, -0.25) is 14.9 Å². The Morgan fingerprint density at radius 2 is 1.64 bits per heavy atom. The van der Waals surface area contributed by atoms with Gasteiger partial charge in [0.25, 0.3) is 0 Å². The summed E-state index contributed by atoms with van der Waals surface area (Å²) in [5.74, 6) is -0.547. The number of rotatable bonds is 7. The first-order valence-corrected chi connectivity index (χ1v) is 14.6. The van der Waals surface area contributed by atoms with Gasteiger partial charge in [-0.05, 0) is 51.1 Å². The number of anilines is 1. The average molecular weight is 581 g/mol. The van der Waals surface area contributed by atoms with Crippen LogP contribution in [0.1, 0.15) is 48.0 Å². The zero-order valence-corrected chi connectivity index (χ0v) is 25.6. The van der Waals surface area contributed by atoms with E-state index in [1.807, 2.05) is 71.0 Å². The Hall–Kier alpha value is -3.86. The Morgan fingerprint density at radius 3 is 2.31 bits per heavy atom. The van der Waals surface area contributed by atoms with Gasteiger partial charge in [0, 0.05) is 18.0 Å². The molecular formula is C31H44N6O5. The van der Waals surface area contributed by atoms with Crippen LogP contribution in [0.4, 0.5) is 15.3 Å². The molecule has 0 spiro atoms. The number of nitrogens with one attached hydrogen (secondary N) is 4. The lowest BCUT2D eigenvalue weighted by Gasteiger charge is -2.37. The van der Waals surface area contributed by atoms with Gasteiger partial charge in [-0.1, -0.05) is 57.2 Å². The normalized spacial score (nSPS) is 21.6. The van der Waals surface area contributed by atoms with E-state index in [0.717, 1.165) is 10.8 Å². The lowest BCUT2D eigenvalue weighted by atomic mass is 9.85. The summed E-state index contributed by atoms with van der Waals surface area (Å²) in [6, 6.07) is 10.8. The van der Waals surface area contributed by atoms with Crippen LogP contribution >= 0.6 is 0 Å². The molecular weight excluding hydrogens is 536 g/mol. The Morgan fingerprint density at radius 1 is 0.952 bits per heavy atom. The fraction of sp³-hybridized carbons (Fsp3) is 0.548. The molecule has 2 aliphatic rings. The van der Waals surface area contributed by atoms with Gasteiger partial charge < -0.3 is 30.5 Å². The fourth-order valence-electron chi connectivity index (χ4n) is 5.78. The second-order valence-electron chi connectivity index (χ2n) is 12.5. The molecule has 5 amide bonds. The van der Waals surface area contributed by atoms with Crippen molar-refractivity contribution >= 4 is 40.4 Å². The number of hydrogen-bond acceptors (Lipinski definition) is 6. The van der Waals surface area contributed by atoms with Gasteiger partial charge >= 0.3 is 12.1 Å². The molecule has 0 bridgehead atoms. The summed E-state index contributed by atoms with van der Waals surface area (Å²) in [4.78, 5) is 56.7. The zero-order chi connectivity index (χ0) is 30.8. The molecule has 11 heteroatoms. The molecule has 228 valence electrons. The van der Waals surface area contributed by atoms with E-state index in [1.165, 1.54) is 0 Å². The number of carbonyl (C=O) groups excluding carboxylic acids is 4. The van der Waals surface area contributed by atoms with Crippen LogP contribution in [0.2, 0.25) is 0 Å². The lowest BCUT2D eigenvalue weighted by molar-refractivity contribution is -0.141. The number of likely N-dealkylation sites (N-methyl/N-ethyl adjacent to an activating group) is 1. The molecule has 5 atom stereocenters. The summed E-state index contributed by atoms with van der Waals surface area (Å²) >= 11 is 0. The van der Waals surface area contributed by atoms with Crippen LogP contribution in [-0.2, 0) is 14.3 Å². The van der Waals surface area contributed by atoms with Crippen LogP contribution in [0.5, 0.6) is 0 Å². The molecule has 2 heterocycles. The summed E-state index contributed by atoms with van der Waals surface area (Å²) < 4.78 is 5.98. The van der Waals surface area contributed by atoms with Crippen molar-refractivity contribution in [1.29, 1.82) is 0 Å². The van der Waals surface area contributed by atoms with Gasteiger partial charge in [0.1, 0.15) is 12.1 Å². The van der Waals surface area contributed by atoms with Crippen LogP contribution in [0.3, 0.4) is 0 Å². The summed E-state index contributed by atoms with van der Waals surface area (Å²) in [6.07, 6.45) is -0.893. The maximum absolute atomic E-state index is 14.1. The Bertz CT molecular complexity index is 1320. The first-order valence-electron chi connectivity index (χ1n) is 14.6. The number of ether oxygens (including phenoxy) is 1. The van der Waals surface area contributed by atoms with Gasteiger partial charge in [-0.25, -0.2) is 9.59 Å². The van der Waals surface area contributed by atoms with E-state index in [2.05, 4.69) is 21.3 Å². The summed E-state index contributed by atoms with van der Waals surface area (Å²) in [7, 11) is 1.68. The van der Waals surface area contributed by atoms with Crippen LogP contribution in [0, 0.1) is 5.41 Å². The van der Waals surface area contributed by atoms with E-state index in [1.54, 1.807) is 29.8 Å². The second kappa shape index (κ2) is 12.6. The van der Waals surface area contributed by atoms with E-state index < -0.39 is 35.7 Å². The third kappa shape index (κ3) is 6.61. The molecule has 0 aromatic heterocycles. The quantitative estimate of drug-likeness (QED) is 0.398.